The number of hydrogen-bond donors (Lipinski definition) is 1. The summed E-state index contributed by atoms with van der Waals surface area (Å²) < 4.78 is 29.9. The first-order chi connectivity index (χ1) is 16.4. The number of aliphatic imine (C=N–C) groups is 1. The fourth-order valence-electron chi connectivity index (χ4n) is 3.24. The Labute approximate surface area is 199 Å². The number of thioether (sulfide) groups is 1. The molecule has 168 valence electrons. The van der Waals surface area contributed by atoms with E-state index in [-0.39, 0.29) is 22.1 Å². The van der Waals surface area contributed by atoms with Gasteiger partial charge in [0.15, 0.2) is 5.84 Å². The fourth-order valence-corrected chi connectivity index (χ4v) is 5.09. The van der Waals surface area contributed by atoms with Gasteiger partial charge in [0.2, 0.25) is 5.17 Å². The van der Waals surface area contributed by atoms with Gasteiger partial charge in [-0.25, -0.2) is 0 Å². The predicted octanol–water partition coefficient (Wildman–Crippen LogP) is 4.12. The number of carbonyl (C=O) groups is 1. The molecule has 2 aliphatic rings. The van der Waals surface area contributed by atoms with Crippen LogP contribution in [0.1, 0.15) is 11.1 Å². The molecule has 0 radical (unpaired) electrons. The smallest absolute Gasteiger partial charge is 0.339 e. The van der Waals surface area contributed by atoms with E-state index < -0.39 is 16.0 Å². The van der Waals surface area contributed by atoms with Gasteiger partial charge in [-0.15, -0.1) is 0 Å². The summed E-state index contributed by atoms with van der Waals surface area (Å²) in [5.74, 6) is -0.495. The maximum absolute atomic E-state index is 12.6. The second kappa shape index (κ2) is 8.73. The standard InChI is InChI=1S/C24H16N4O4S2/c25-21-20(22(29)26-24-28(21)27-23(33-24)17-7-3-1-4-8-17)15-16-11-13-18(14-12-16)32-34(30,31)19-9-5-2-6-10-19/h1-15,25H/b20-15-,25-21?. The largest absolute Gasteiger partial charge is 0.379 e. The van der Waals surface area contributed by atoms with Gasteiger partial charge in [-0.3, -0.25) is 10.2 Å². The average molecular weight is 489 g/mol. The molecule has 0 saturated heterocycles. The van der Waals surface area contributed by atoms with Crippen LogP contribution in [0, 0.1) is 5.41 Å². The first kappa shape index (κ1) is 21.8. The minimum atomic E-state index is -3.95. The van der Waals surface area contributed by atoms with Crippen molar-refractivity contribution in [2.24, 2.45) is 10.1 Å². The molecular formula is C24H16N4O4S2. The molecule has 8 nitrogen and oxygen atoms in total. The van der Waals surface area contributed by atoms with Gasteiger partial charge >= 0.3 is 10.1 Å². The highest BCUT2D eigenvalue weighted by Gasteiger charge is 2.36. The number of fused-ring (bicyclic) bond motifs is 1. The Hall–Kier alpha value is -4.02. The number of amidine groups is 2. The molecule has 1 amide bonds. The molecule has 0 aromatic heterocycles. The van der Waals surface area contributed by atoms with Gasteiger partial charge in [0.1, 0.15) is 15.7 Å². The zero-order chi connectivity index (χ0) is 23.7. The summed E-state index contributed by atoms with van der Waals surface area (Å²) >= 11 is 1.23. The van der Waals surface area contributed by atoms with E-state index in [9.17, 15) is 13.2 Å². The van der Waals surface area contributed by atoms with E-state index in [1.54, 1.807) is 30.3 Å². The van der Waals surface area contributed by atoms with E-state index in [1.807, 2.05) is 30.3 Å². The van der Waals surface area contributed by atoms with Crippen LogP contribution >= 0.6 is 11.8 Å². The number of carbonyl (C=O) groups excluding carboxylic acids is 1. The van der Waals surface area contributed by atoms with Crippen molar-refractivity contribution < 1.29 is 17.4 Å². The molecule has 10 heteroatoms. The summed E-state index contributed by atoms with van der Waals surface area (Å²) in [5.41, 5.74) is 1.53. The number of amides is 1. The Bertz CT molecular complexity index is 1480. The van der Waals surface area contributed by atoms with Crippen LogP contribution in [-0.2, 0) is 14.9 Å². The first-order valence-electron chi connectivity index (χ1n) is 10.1. The van der Waals surface area contributed by atoms with Gasteiger partial charge in [-0.1, -0.05) is 60.7 Å². The highest BCUT2D eigenvalue weighted by atomic mass is 32.2. The molecular weight excluding hydrogens is 472 g/mol. The summed E-state index contributed by atoms with van der Waals surface area (Å²) in [6, 6.07) is 23.5. The molecule has 3 aromatic rings. The van der Waals surface area contributed by atoms with Gasteiger partial charge in [-0.2, -0.15) is 23.5 Å². The Balaban J connectivity index is 1.36. The van der Waals surface area contributed by atoms with Crippen LogP contribution in [-0.4, -0.2) is 35.4 Å². The zero-order valence-electron chi connectivity index (χ0n) is 17.5. The lowest BCUT2D eigenvalue weighted by Crippen LogP contribution is -2.35. The second-order valence-corrected chi connectivity index (χ2v) is 9.71. The van der Waals surface area contributed by atoms with E-state index >= 15 is 0 Å². The summed E-state index contributed by atoms with van der Waals surface area (Å²) in [7, 11) is -3.95. The van der Waals surface area contributed by atoms with Gasteiger partial charge in [0, 0.05) is 5.56 Å². The number of nitrogens with one attached hydrogen (secondary N) is 1. The molecule has 5 rings (SSSR count). The van der Waals surface area contributed by atoms with Crippen molar-refractivity contribution in [1.82, 2.24) is 5.01 Å². The van der Waals surface area contributed by atoms with Crippen LogP contribution in [0.3, 0.4) is 0 Å². The number of benzene rings is 3. The minimum Gasteiger partial charge on any atom is -0.379 e. The highest BCUT2D eigenvalue weighted by Crippen LogP contribution is 2.31. The topological polar surface area (TPSA) is 112 Å². The molecule has 1 N–H and O–H groups in total. The van der Waals surface area contributed by atoms with Gasteiger partial charge in [-0.05, 0) is 47.7 Å². The third kappa shape index (κ3) is 4.28. The van der Waals surface area contributed by atoms with Crippen LogP contribution in [0.5, 0.6) is 5.75 Å². The number of hydrazone groups is 1. The molecule has 0 fully saturated rings. The molecule has 0 spiro atoms. The van der Waals surface area contributed by atoms with Crippen molar-refractivity contribution in [1.29, 1.82) is 5.41 Å². The van der Waals surface area contributed by atoms with Crippen LogP contribution in [0.2, 0.25) is 0 Å². The van der Waals surface area contributed by atoms with Crippen molar-refractivity contribution >= 4 is 49.9 Å². The molecule has 2 aliphatic heterocycles. The zero-order valence-corrected chi connectivity index (χ0v) is 19.1. The average Bonchev–Trinajstić information content (AvgIpc) is 3.28. The van der Waals surface area contributed by atoms with Gasteiger partial charge in [0.05, 0.1) is 5.57 Å². The van der Waals surface area contributed by atoms with E-state index in [0.717, 1.165) is 5.56 Å². The van der Waals surface area contributed by atoms with Crippen LogP contribution in [0.25, 0.3) is 6.08 Å². The van der Waals surface area contributed by atoms with Gasteiger partial charge < -0.3 is 4.18 Å². The molecule has 0 bridgehead atoms. The molecule has 0 aliphatic carbocycles. The van der Waals surface area contributed by atoms with Crippen LogP contribution in [0.4, 0.5) is 0 Å². The Kier molecular flexibility index (Phi) is 5.60. The van der Waals surface area contributed by atoms with Crippen LogP contribution in [0.15, 0.2) is 105 Å². The summed E-state index contributed by atoms with van der Waals surface area (Å²) in [4.78, 5) is 16.8. The molecule has 3 aromatic carbocycles. The third-order valence-corrected chi connectivity index (χ3v) is 7.12. The quantitative estimate of drug-likeness (QED) is 0.427. The molecule has 0 saturated carbocycles. The minimum absolute atomic E-state index is 0.0509. The van der Waals surface area contributed by atoms with Crippen molar-refractivity contribution in [3.8, 4) is 5.75 Å². The monoisotopic (exact) mass is 488 g/mol. The summed E-state index contributed by atoms with van der Waals surface area (Å²) in [5, 5.41) is 15.3. The number of hydrogen-bond acceptors (Lipinski definition) is 7. The Morgan fingerprint density at radius 3 is 2.24 bits per heavy atom. The first-order valence-corrected chi connectivity index (χ1v) is 12.3. The molecule has 2 heterocycles. The van der Waals surface area contributed by atoms with E-state index in [2.05, 4.69) is 10.1 Å². The van der Waals surface area contributed by atoms with Crippen molar-refractivity contribution in [2.75, 3.05) is 0 Å². The lowest BCUT2D eigenvalue weighted by Gasteiger charge is -2.20. The SMILES string of the molecule is N=C1/C(=C/c2ccc(OS(=O)(=O)c3ccccc3)cc2)C(=O)N=C2SC(c3ccccc3)=NN12. The van der Waals surface area contributed by atoms with Crippen molar-refractivity contribution in [2.45, 2.75) is 4.90 Å². The van der Waals surface area contributed by atoms with Gasteiger partial charge in [0.25, 0.3) is 5.91 Å². The Morgan fingerprint density at radius 2 is 1.56 bits per heavy atom. The number of nitrogens with zero attached hydrogens (tertiary/aromatic N) is 3. The third-order valence-electron chi connectivity index (χ3n) is 4.90. The summed E-state index contributed by atoms with van der Waals surface area (Å²) in [6.45, 7) is 0. The highest BCUT2D eigenvalue weighted by molar-refractivity contribution is 8.27. The molecule has 34 heavy (non-hydrogen) atoms. The van der Waals surface area contributed by atoms with E-state index in [4.69, 9.17) is 9.59 Å². The van der Waals surface area contributed by atoms with E-state index in [0.29, 0.717) is 15.8 Å². The lowest BCUT2D eigenvalue weighted by atomic mass is 10.1. The number of rotatable bonds is 5. The Morgan fingerprint density at radius 1 is 0.912 bits per heavy atom. The maximum Gasteiger partial charge on any atom is 0.339 e. The maximum atomic E-state index is 12.6. The fraction of sp³-hybridized carbons (Fsp3) is 0. The normalized spacial score (nSPS) is 16.8. The second-order valence-electron chi connectivity index (χ2n) is 7.21. The predicted molar refractivity (Wildman–Crippen MR) is 131 cm³/mol. The van der Waals surface area contributed by atoms with Crippen molar-refractivity contribution in [3.05, 3.63) is 102 Å². The van der Waals surface area contributed by atoms with Crippen LogP contribution < -0.4 is 4.18 Å². The van der Waals surface area contributed by atoms with Crippen molar-refractivity contribution in [3.63, 3.8) is 0 Å². The molecule has 0 unspecified atom stereocenters. The molecule has 0 atom stereocenters. The summed E-state index contributed by atoms with van der Waals surface area (Å²) in [6.07, 6.45) is 1.51. The lowest BCUT2D eigenvalue weighted by molar-refractivity contribution is -0.114. The van der Waals surface area contributed by atoms with E-state index in [1.165, 1.54) is 47.1 Å².